The average molecular weight is 272 g/mol. The summed E-state index contributed by atoms with van der Waals surface area (Å²) in [5, 5.41) is 4.04. The van der Waals surface area contributed by atoms with E-state index < -0.39 is 0 Å². The maximum absolute atomic E-state index is 11.0. The molecule has 0 aliphatic heterocycles. The van der Waals surface area contributed by atoms with Gasteiger partial charge in [-0.2, -0.15) is 0 Å². The third-order valence-electron chi connectivity index (χ3n) is 2.00. The summed E-state index contributed by atoms with van der Waals surface area (Å²) in [7, 11) is 0. The molecule has 0 unspecified atom stereocenters. The van der Waals surface area contributed by atoms with E-state index in [1.807, 2.05) is 24.3 Å². The zero-order chi connectivity index (χ0) is 12.7. The molecule has 0 heterocycles. The van der Waals surface area contributed by atoms with Crippen molar-refractivity contribution in [3.8, 4) is 0 Å². The van der Waals surface area contributed by atoms with Gasteiger partial charge < -0.3 is 5.32 Å². The normalized spacial score (nSPS) is 9.53. The van der Waals surface area contributed by atoms with Crippen LogP contribution in [0.1, 0.15) is 18.9 Å². The van der Waals surface area contributed by atoms with Crippen LogP contribution in [-0.2, 0) is 11.3 Å². The number of nitrogens with one attached hydrogen (secondary N) is 3. The highest BCUT2D eigenvalue weighted by Crippen LogP contribution is 2.08. The molecule has 0 aliphatic carbocycles. The summed E-state index contributed by atoms with van der Waals surface area (Å²) in [6.45, 7) is 2.34. The summed E-state index contributed by atoms with van der Waals surface area (Å²) in [4.78, 5) is 11.0. The van der Waals surface area contributed by atoms with Crippen molar-refractivity contribution in [1.29, 1.82) is 0 Å². The number of benzene rings is 1. The molecule has 17 heavy (non-hydrogen) atoms. The molecule has 1 amide bonds. The number of hydrazine groups is 1. The Morgan fingerprint density at radius 3 is 2.53 bits per heavy atom. The lowest BCUT2D eigenvalue weighted by molar-refractivity contribution is -0.121. The van der Waals surface area contributed by atoms with E-state index in [4.69, 9.17) is 23.8 Å². The lowest BCUT2D eigenvalue weighted by atomic mass is 10.2. The van der Waals surface area contributed by atoms with Crippen LogP contribution < -0.4 is 16.2 Å². The fourth-order valence-corrected chi connectivity index (χ4v) is 1.29. The first-order chi connectivity index (χ1) is 8.11. The standard InChI is InChI=1S/C11H14ClN3OS/c1-2-10(16)14-15-11(17)13-7-8-3-5-9(12)6-4-8/h3-6H,2,7H2,1H3,(H,14,16)(H2,13,15,17). The number of amides is 1. The van der Waals surface area contributed by atoms with E-state index in [2.05, 4.69) is 16.2 Å². The first-order valence-electron chi connectivity index (χ1n) is 5.19. The Kier molecular flexibility index (Phi) is 5.72. The number of rotatable bonds is 3. The number of thiocarbonyl (C=S) groups is 1. The molecule has 0 atom stereocenters. The molecule has 3 N–H and O–H groups in total. The van der Waals surface area contributed by atoms with E-state index in [1.54, 1.807) is 6.92 Å². The van der Waals surface area contributed by atoms with Crippen LogP contribution in [0.5, 0.6) is 0 Å². The molecule has 0 saturated carbocycles. The summed E-state index contributed by atoms with van der Waals surface area (Å²) in [6, 6.07) is 7.44. The topological polar surface area (TPSA) is 53.2 Å². The van der Waals surface area contributed by atoms with Crippen LogP contribution in [0.15, 0.2) is 24.3 Å². The quantitative estimate of drug-likeness (QED) is 0.579. The van der Waals surface area contributed by atoms with Gasteiger partial charge >= 0.3 is 0 Å². The van der Waals surface area contributed by atoms with Gasteiger partial charge in [-0.05, 0) is 29.9 Å². The molecule has 0 aliphatic rings. The predicted octanol–water partition coefficient (Wildman–Crippen LogP) is 1.75. The Bertz CT molecular complexity index is 394. The molecule has 0 bridgehead atoms. The number of hydrogen-bond acceptors (Lipinski definition) is 2. The van der Waals surface area contributed by atoms with Crippen LogP contribution in [0, 0.1) is 0 Å². The second kappa shape index (κ2) is 7.09. The Hall–Kier alpha value is -1.33. The zero-order valence-corrected chi connectivity index (χ0v) is 11.0. The molecule has 1 aromatic carbocycles. The maximum atomic E-state index is 11.0. The fourth-order valence-electron chi connectivity index (χ4n) is 1.04. The highest BCUT2D eigenvalue weighted by atomic mass is 35.5. The Morgan fingerprint density at radius 1 is 1.29 bits per heavy atom. The van der Waals surface area contributed by atoms with Crippen molar-refractivity contribution in [3.63, 3.8) is 0 Å². The Morgan fingerprint density at radius 2 is 1.94 bits per heavy atom. The lowest BCUT2D eigenvalue weighted by Gasteiger charge is -2.10. The third kappa shape index (κ3) is 5.51. The summed E-state index contributed by atoms with van der Waals surface area (Å²) in [5.41, 5.74) is 6.13. The summed E-state index contributed by atoms with van der Waals surface area (Å²) >= 11 is 10.8. The molecule has 1 rings (SSSR count). The minimum absolute atomic E-state index is 0.111. The zero-order valence-electron chi connectivity index (χ0n) is 9.42. The highest BCUT2D eigenvalue weighted by Gasteiger charge is 1.98. The molecule has 4 nitrogen and oxygen atoms in total. The minimum Gasteiger partial charge on any atom is -0.357 e. The molecular weight excluding hydrogens is 258 g/mol. The van der Waals surface area contributed by atoms with Crippen LogP contribution in [0.2, 0.25) is 5.02 Å². The molecule has 0 aromatic heterocycles. The van der Waals surface area contributed by atoms with Gasteiger partial charge in [-0.3, -0.25) is 15.6 Å². The fraction of sp³-hybridized carbons (Fsp3) is 0.273. The van der Waals surface area contributed by atoms with E-state index in [1.165, 1.54) is 0 Å². The molecule has 92 valence electrons. The SMILES string of the molecule is CCC(=O)NNC(=S)NCc1ccc(Cl)cc1. The number of carbonyl (C=O) groups is 1. The van der Waals surface area contributed by atoms with Gasteiger partial charge in [0.2, 0.25) is 5.91 Å². The van der Waals surface area contributed by atoms with Gasteiger partial charge in [0, 0.05) is 18.0 Å². The molecule has 0 spiro atoms. The molecule has 0 saturated heterocycles. The number of hydrogen-bond donors (Lipinski definition) is 3. The largest absolute Gasteiger partial charge is 0.357 e. The highest BCUT2D eigenvalue weighted by molar-refractivity contribution is 7.80. The van der Waals surface area contributed by atoms with Gasteiger partial charge in [0.25, 0.3) is 0 Å². The van der Waals surface area contributed by atoms with E-state index in [9.17, 15) is 4.79 Å². The van der Waals surface area contributed by atoms with Crippen LogP contribution in [0.3, 0.4) is 0 Å². The lowest BCUT2D eigenvalue weighted by Crippen LogP contribution is -2.46. The summed E-state index contributed by atoms with van der Waals surface area (Å²) < 4.78 is 0. The monoisotopic (exact) mass is 271 g/mol. The van der Waals surface area contributed by atoms with Crippen molar-refractivity contribution in [2.45, 2.75) is 19.9 Å². The average Bonchev–Trinajstić information content (AvgIpc) is 2.35. The number of halogens is 1. The number of carbonyl (C=O) groups excluding carboxylic acids is 1. The van der Waals surface area contributed by atoms with E-state index in [-0.39, 0.29) is 5.91 Å². The molecule has 6 heteroatoms. The van der Waals surface area contributed by atoms with Crippen molar-refractivity contribution < 1.29 is 4.79 Å². The first-order valence-corrected chi connectivity index (χ1v) is 5.97. The van der Waals surface area contributed by atoms with Crippen LogP contribution in [0.25, 0.3) is 0 Å². The van der Waals surface area contributed by atoms with Crippen LogP contribution in [0.4, 0.5) is 0 Å². The van der Waals surface area contributed by atoms with Gasteiger partial charge in [0.15, 0.2) is 5.11 Å². The van der Waals surface area contributed by atoms with Crippen LogP contribution >= 0.6 is 23.8 Å². The maximum Gasteiger partial charge on any atom is 0.238 e. The minimum atomic E-state index is -0.111. The predicted molar refractivity (Wildman–Crippen MR) is 72.5 cm³/mol. The second-order valence-corrected chi connectivity index (χ2v) is 4.18. The molecule has 1 aromatic rings. The van der Waals surface area contributed by atoms with Crippen molar-refractivity contribution >= 4 is 34.8 Å². The van der Waals surface area contributed by atoms with E-state index >= 15 is 0 Å². The van der Waals surface area contributed by atoms with E-state index in [0.717, 1.165) is 5.56 Å². The first kappa shape index (κ1) is 13.7. The van der Waals surface area contributed by atoms with Gasteiger partial charge in [-0.25, -0.2) is 0 Å². The van der Waals surface area contributed by atoms with Gasteiger partial charge in [0.05, 0.1) is 0 Å². The molecule has 0 fully saturated rings. The Labute approximate surface area is 111 Å². The smallest absolute Gasteiger partial charge is 0.238 e. The summed E-state index contributed by atoms with van der Waals surface area (Å²) in [5.74, 6) is -0.111. The van der Waals surface area contributed by atoms with Crippen molar-refractivity contribution in [2.75, 3.05) is 0 Å². The van der Waals surface area contributed by atoms with Crippen molar-refractivity contribution in [1.82, 2.24) is 16.2 Å². The van der Waals surface area contributed by atoms with Gasteiger partial charge in [-0.1, -0.05) is 30.7 Å². The summed E-state index contributed by atoms with van der Waals surface area (Å²) in [6.07, 6.45) is 0.410. The molecular formula is C11H14ClN3OS. The van der Waals surface area contributed by atoms with Gasteiger partial charge in [0.1, 0.15) is 0 Å². The van der Waals surface area contributed by atoms with E-state index in [0.29, 0.717) is 23.1 Å². The second-order valence-electron chi connectivity index (χ2n) is 3.34. The Balaban J connectivity index is 2.28. The van der Waals surface area contributed by atoms with Crippen LogP contribution in [-0.4, -0.2) is 11.0 Å². The molecule has 0 radical (unpaired) electrons. The van der Waals surface area contributed by atoms with Gasteiger partial charge in [-0.15, -0.1) is 0 Å². The van der Waals surface area contributed by atoms with Crippen molar-refractivity contribution in [2.24, 2.45) is 0 Å². The van der Waals surface area contributed by atoms with Crippen molar-refractivity contribution in [3.05, 3.63) is 34.9 Å². The third-order valence-corrected chi connectivity index (χ3v) is 2.50.